The van der Waals surface area contributed by atoms with Gasteiger partial charge in [0, 0.05) is 0 Å². The van der Waals surface area contributed by atoms with Crippen LogP contribution in [0.4, 0.5) is 11.5 Å². The molecule has 0 fully saturated rings. The quantitative estimate of drug-likeness (QED) is 0.780. The van der Waals surface area contributed by atoms with Gasteiger partial charge in [-0.25, -0.2) is 4.68 Å². The third-order valence-corrected chi connectivity index (χ3v) is 3.82. The van der Waals surface area contributed by atoms with Crippen LogP contribution in [0.5, 0.6) is 0 Å². The Hall–Kier alpha value is -3.20. The van der Waals surface area contributed by atoms with Crippen LogP contribution in [0, 0.1) is 11.3 Å². The van der Waals surface area contributed by atoms with Crippen molar-refractivity contribution in [3.05, 3.63) is 59.5 Å². The summed E-state index contributed by atoms with van der Waals surface area (Å²) in [5.74, 6) is 0.471. The van der Waals surface area contributed by atoms with Crippen LogP contribution in [0.3, 0.4) is 0 Å². The first-order chi connectivity index (χ1) is 11.8. The van der Waals surface area contributed by atoms with E-state index in [1.807, 2.05) is 50.4 Å². The zero-order chi connectivity index (χ0) is 16.9. The number of nitrogens with one attached hydrogen (secondary N) is 1. The van der Waals surface area contributed by atoms with Crippen molar-refractivity contribution in [2.24, 2.45) is 0 Å². The predicted octanol–water partition coefficient (Wildman–Crippen LogP) is 3.40. The Labute approximate surface area is 140 Å². The summed E-state index contributed by atoms with van der Waals surface area (Å²) >= 11 is 0. The first-order valence-corrected chi connectivity index (χ1v) is 7.92. The van der Waals surface area contributed by atoms with Crippen molar-refractivity contribution in [3.63, 3.8) is 0 Å². The van der Waals surface area contributed by atoms with Gasteiger partial charge in [0.15, 0.2) is 5.82 Å². The number of anilines is 2. The number of nitrogens with zero attached hydrogens (tertiary/aromatic N) is 5. The maximum absolute atomic E-state index is 9.53. The van der Waals surface area contributed by atoms with Crippen LogP contribution in [-0.4, -0.2) is 20.0 Å². The number of aryl methyl sites for hydroxylation is 1. The second-order valence-corrected chi connectivity index (χ2v) is 5.30. The summed E-state index contributed by atoms with van der Waals surface area (Å²) in [5, 5.41) is 25.5. The highest BCUT2D eigenvalue weighted by Gasteiger charge is 2.15. The zero-order valence-electron chi connectivity index (χ0n) is 13.7. The molecular formula is C18H18N6. The fraction of sp³-hybridized carbons (Fsp3) is 0.222. The van der Waals surface area contributed by atoms with Gasteiger partial charge in [-0.1, -0.05) is 32.0 Å². The number of nitriles is 1. The molecule has 1 aromatic carbocycles. The highest BCUT2D eigenvalue weighted by atomic mass is 15.3. The predicted molar refractivity (Wildman–Crippen MR) is 92.3 cm³/mol. The molecule has 0 amide bonds. The Morgan fingerprint density at radius 3 is 2.58 bits per heavy atom. The van der Waals surface area contributed by atoms with Crippen molar-refractivity contribution < 1.29 is 0 Å². The van der Waals surface area contributed by atoms with Gasteiger partial charge < -0.3 is 5.32 Å². The summed E-state index contributed by atoms with van der Waals surface area (Å²) in [4.78, 5) is 0. The third kappa shape index (κ3) is 2.97. The summed E-state index contributed by atoms with van der Waals surface area (Å²) < 4.78 is 1.77. The molecule has 0 aliphatic carbocycles. The molecule has 0 radical (unpaired) electrons. The maximum atomic E-state index is 9.53. The van der Waals surface area contributed by atoms with Crippen molar-refractivity contribution in [3.8, 4) is 11.8 Å². The molecule has 3 aromatic rings. The Morgan fingerprint density at radius 1 is 1.12 bits per heavy atom. The van der Waals surface area contributed by atoms with Gasteiger partial charge in [0.05, 0.1) is 29.5 Å². The van der Waals surface area contributed by atoms with E-state index in [-0.39, 0.29) is 0 Å². The van der Waals surface area contributed by atoms with Gasteiger partial charge in [0.25, 0.3) is 0 Å². The molecular weight excluding hydrogens is 300 g/mol. The van der Waals surface area contributed by atoms with E-state index in [1.165, 1.54) is 0 Å². The van der Waals surface area contributed by atoms with Crippen molar-refractivity contribution >= 4 is 11.5 Å². The Balaban J connectivity index is 1.92. The lowest BCUT2D eigenvalue weighted by atomic mass is 10.0. The van der Waals surface area contributed by atoms with E-state index in [2.05, 4.69) is 26.7 Å². The number of aromatic nitrogens is 4. The molecule has 0 aliphatic heterocycles. The van der Waals surface area contributed by atoms with Gasteiger partial charge in [-0.3, -0.25) is 0 Å². The fourth-order valence-electron chi connectivity index (χ4n) is 2.63. The molecule has 6 nitrogen and oxygen atoms in total. The molecule has 2 aromatic heterocycles. The standard InChI is InChI=1S/C18H18N6/c1-3-15-16(10-19)18(23-22-17(15)4-2)21-13-11-20-24(12-13)14-8-6-5-7-9-14/h5-9,11-12H,3-4H2,1-2H3,(H,21,23). The second kappa shape index (κ2) is 6.92. The molecule has 120 valence electrons. The largest absolute Gasteiger partial charge is 0.335 e. The molecule has 6 heteroatoms. The highest BCUT2D eigenvalue weighted by Crippen LogP contribution is 2.23. The minimum Gasteiger partial charge on any atom is -0.335 e. The van der Waals surface area contributed by atoms with E-state index in [0.29, 0.717) is 11.4 Å². The Kier molecular flexibility index (Phi) is 4.52. The molecule has 0 unspecified atom stereocenters. The van der Waals surface area contributed by atoms with E-state index in [0.717, 1.165) is 35.5 Å². The Morgan fingerprint density at radius 2 is 1.92 bits per heavy atom. The molecule has 0 saturated carbocycles. The Bertz CT molecular complexity index is 876. The van der Waals surface area contributed by atoms with E-state index in [9.17, 15) is 5.26 Å². The molecule has 0 bridgehead atoms. The summed E-state index contributed by atoms with van der Waals surface area (Å²) in [6.45, 7) is 4.04. The average molecular weight is 318 g/mol. The van der Waals surface area contributed by atoms with Gasteiger partial charge >= 0.3 is 0 Å². The first kappa shape index (κ1) is 15.7. The second-order valence-electron chi connectivity index (χ2n) is 5.30. The van der Waals surface area contributed by atoms with Crippen LogP contribution in [0.25, 0.3) is 5.69 Å². The molecule has 2 heterocycles. The van der Waals surface area contributed by atoms with E-state index < -0.39 is 0 Å². The van der Waals surface area contributed by atoms with Crippen LogP contribution < -0.4 is 5.32 Å². The van der Waals surface area contributed by atoms with Gasteiger partial charge in [0.2, 0.25) is 0 Å². The van der Waals surface area contributed by atoms with Crippen molar-refractivity contribution in [1.82, 2.24) is 20.0 Å². The third-order valence-electron chi connectivity index (χ3n) is 3.82. The van der Waals surface area contributed by atoms with Gasteiger partial charge in [-0.15, -0.1) is 5.10 Å². The smallest absolute Gasteiger partial charge is 0.171 e. The fourth-order valence-corrected chi connectivity index (χ4v) is 2.63. The van der Waals surface area contributed by atoms with Crippen LogP contribution in [0.2, 0.25) is 0 Å². The normalized spacial score (nSPS) is 10.4. The molecule has 3 rings (SSSR count). The summed E-state index contributed by atoms with van der Waals surface area (Å²) in [6, 6.07) is 12.1. The molecule has 1 N–H and O–H groups in total. The number of rotatable bonds is 5. The molecule has 24 heavy (non-hydrogen) atoms. The lowest BCUT2D eigenvalue weighted by Crippen LogP contribution is -2.07. The SMILES string of the molecule is CCc1nnc(Nc2cnn(-c3ccccc3)c2)c(C#N)c1CC. The minimum absolute atomic E-state index is 0.471. The molecule has 0 spiro atoms. The first-order valence-electron chi connectivity index (χ1n) is 7.92. The zero-order valence-corrected chi connectivity index (χ0v) is 13.7. The highest BCUT2D eigenvalue weighted by molar-refractivity contribution is 5.64. The lowest BCUT2D eigenvalue weighted by molar-refractivity contribution is 0.876. The van der Waals surface area contributed by atoms with Crippen molar-refractivity contribution in [1.29, 1.82) is 5.26 Å². The summed E-state index contributed by atoms with van der Waals surface area (Å²) in [6.07, 6.45) is 5.07. The number of benzene rings is 1. The molecule has 0 aliphatic rings. The maximum Gasteiger partial charge on any atom is 0.171 e. The number of hydrogen-bond donors (Lipinski definition) is 1. The summed E-state index contributed by atoms with van der Waals surface area (Å²) in [5.41, 5.74) is 4.10. The van der Waals surface area contributed by atoms with Gasteiger partial charge in [-0.2, -0.15) is 15.5 Å². The monoisotopic (exact) mass is 318 g/mol. The van der Waals surface area contributed by atoms with Crippen LogP contribution in [0.15, 0.2) is 42.7 Å². The van der Waals surface area contributed by atoms with E-state index >= 15 is 0 Å². The van der Waals surface area contributed by atoms with Crippen LogP contribution in [0.1, 0.15) is 30.7 Å². The minimum atomic E-state index is 0.471. The van der Waals surface area contributed by atoms with E-state index in [4.69, 9.17) is 0 Å². The molecule has 0 saturated heterocycles. The van der Waals surface area contributed by atoms with Crippen molar-refractivity contribution in [2.75, 3.05) is 5.32 Å². The summed E-state index contributed by atoms with van der Waals surface area (Å²) in [7, 11) is 0. The van der Waals surface area contributed by atoms with Crippen LogP contribution in [-0.2, 0) is 12.8 Å². The topological polar surface area (TPSA) is 79.4 Å². The number of hydrogen-bond acceptors (Lipinski definition) is 5. The van der Waals surface area contributed by atoms with Gasteiger partial charge in [-0.05, 0) is 30.5 Å². The van der Waals surface area contributed by atoms with Crippen molar-refractivity contribution in [2.45, 2.75) is 26.7 Å². The van der Waals surface area contributed by atoms with Crippen LogP contribution >= 0.6 is 0 Å². The lowest BCUT2D eigenvalue weighted by Gasteiger charge is -2.10. The average Bonchev–Trinajstić information content (AvgIpc) is 3.10. The van der Waals surface area contributed by atoms with Gasteiger partial charge in [0.1, 0.15) is 11.6 Å². The molecule has 0 atom stereocenters. The van der Waals surface area contributed by atoms with E-state index in [1.54, 1.807) is 10.9 Å². The number of para-hydroxylation sites is 1.